The van der Waals surface area contributed by atoms with Crippen molar-refractivity contribution in [1.29, 1.82) is 0 Å². The van der Waals surface area contributed by atoms with E-state index in [2.05, 4.69) is 33.0 Å². The molecule has 1 heterocycles. The Morgan fingerprint density at radius 2 is 1.89 bits per heavy atom. The van der Waals surface area contributed by atoms with Gasteiger partial charge < -0.3 is 10.6 Å². The summed E-state index contributed by atoms with van der Waals surface area (Å²) in [7, 11) is 0. The highest BCUT2D eigenvalue weighted by Gasteiger charge is 2.33. The second kappa shape index (κ2) is 5.12. The van der Waals surface area contributed by atoms with Crippen molar-refractivity contribution < 1.29 is 0 Å². The maximum atomic E-state index is 6.19. The average Bonchev–Trinajstić information content (AvgIpc) is 2.98. The van der Waals surface area contributed by atoms with E-state index in [1.54, 1.807) is 0 Å². The van der Waals surface area contributed by atoms with Crippen LogP contribution in [0.15, 0.2) is 22.7 Å². The van der Waals surface area contributed by atoms with E-state index in [1.807, 2.05) is 6.07 Å². The van der Waals surface area contributed by atoms with E-state index in [9.17, 15) is 0 Å². The van der Waals surface area contributed by atoms with E-state index in [1.165, 1.54) is 50.8 Å². The van der Waals surface area contributed by atoms with Gasteiger partial charge in [-0.1, -0.05) is 28.8 Å². The summed E-state index contributed by atoms with van der Waals surface area (Å²) in [4.78, 5) is 2.57. The molecule has 2 fully saturated rings. The van der Waals surface area contributed by atoms with E-state index in [0.717, 1.165) is 22.1 Å². The Bertz CT molecular complexity index is 427. The van der Waals surface area contributed by atoms with Gasteiger partial charge in [-0.2, -0.15) is 0 Å². The molecule has 2 N–H and O–H groups in total. The molecule has 18 heavy (non-hydrogen) atoms. The summed E-state index contributed by atoms with van der Waals surface area (Å²) in [6.07, 6.45) is 8.34. The summed E-state index contributed by atoms with van der Waals surface area (Å²) in [5, 5.41) is 0. The smallest absolute Gasteiger partial charge is 0.0603 e. The van der Waals surface area contributed by atoms with E-state index >= 15 is 0 Å². The fourth-order valence-electron chi connectivity index (χ4n) is 3.71. The Balaban J connectivity index is 1.85. The van der Waals surface area contributed by atoms with Crippen LogP contribution >= 0.6 is 15.9 Å². The Kier molecular flexibility index (Phi) is 3.51. The fraction of sp³-hybridized carbons (Fsp3) is 0.600. The summed E-state index contributed by atoms with van der Waals surface area (Å²) in [6, 6.07) is 7.04. The van der Waals surface area contributed by atoms with Gasteiger partial charge in [0, 0.05) is 17.1 Å². The molecular weight excluding hydrogens is 288 g/mol. The summed E-state index contributed by atoms with van der Waals surface area (Å²) < 4.78 is 1.07. The minimum atomic E-state index is 0.732. The average molecular weight is 309 g/mol. The molecule has 0 spiro atoms. The van der Waals surface area contributed by atoms with Gasteiger partial charge in [0.1, 0.15) is 0 Å². The van der Waals surface area contributed by atoms with Crippen LogP contribution < -0.4 is 10.6 Å². The van der Waals surface area contributed by atoms with Crippen molar-refractivity contribution in [3.63, 3.8) is 0 Å². The summed E-state index contributed by atoms with van der Waals surface area (Å²) in [5.41, 5.74) is 8.34. The Morgan fingerprint density at radius 3 is 2.61 bits per heavy atom. The number of hydrogen-bond acceptors (Lipinski definition) is 2. The first-order valence-corrected chi connectivity index (χ1v) is 7.86. The van der Waals surface area contributed by atoms with Crippen molar-refractivity contribution in [2.75, 3.05) is 17.2 Å². The first kappa shape index (κ1) is 12.3. The molecule has 2 aliphatic rings. The molecule has 3 heteroatoms. The van der Waals surface area contributed by atoms with Crippen molar-refractivity contribution in [3.05, 3.63) is 22.7 Å². The lowest BCUT2D eigenvalue weighted by Gasteiger charge is -2.32. The van der Waals surface area contributed by atoms with Crippen LogP contribution in [0.2, 0.25) is 0 Å². The van der Waals surface area contributed by atoms with Gasteiger partial charge in [-0.25, -0.2) is 0 Å². The lowest BCUT2D eigenvalue weighted by atomic mass is 9.95. The third-order valence-corrected chi connectivity index (χ3v) is 5.04. The van der Waals surface area contributed by atoms with Crippen molar-refractivity contribution in [2.24, 2.45) is 5.92 Å². The van der Waals surface area contributed by atoms with Crippen LogP contribution in [0.5, 0.6) is 0 Å². The zero-order valence-corrected chi connectivity index (χ0v) is 12.3. The molecule has 98 valence electrons. The number of rotatable bonds is 2. The predicted molar refractivity (Wildman–Crippen MR) is 80.9 cm³/mol. The van der Waals surface area contributed by atoms with Gasteiger partial charge in [0.15, 0.2) is 0 Å². The van der Waals surface area contributed by atoms with Gasteiger partial charge in [-0.3, -0.25) is 0 Å². The molecule has 1 aliphatic heterocycles. The molecule has 0 bridgehead atoms. The SMILES string of the molecule is Nc1cc(Br)ccc1N1CCCC1C1CCCC1. The molecule has 0 aromatic heterocycles. The van der Waals surface area contributed by atoms with Crippen LogP contribution in [0, 0.1) is 5.92 Å². The van der Waals surface area contributed by atoms with E-state index in [0.29, 0.717) is 0 Å². The zero-order valence-electron chi connectivity index (χ0n) is 10.7. The molecule has 1 aromatic carbocycles. The molecule has 0 radical (unpaired) electrons. The third-order valence-electron chi connectivity index (χ3n) is 4.54. The minimum absolute atomic E-state index is 0.732. The second-order valence-electron chi connectivity index (χ2n) is 5.65. The zero-order chi connectivity index (χ0) is 12.5. The van der Waals surface area contributed by atoms with Crippen molar-refractivity contribution in [1.82, 2.24) is 0 Å². The molecule has 1 saturated heterocycles. The molecule has 1 aromatic rings. The van der Waals surface area contributed by atoms with Crippen LogP contribution in [0.1, 0.15) is 38.5 Å². The molecule has 1 atom stereocenters. The maximum Gasteiger partial charge on any atom is 0.0603 e. The van der Waals surface area contributed by atoms with Crippen molar-refractivity contribution in [3.8, 4) is 0 Å². The first-order chi connectivity index (χ1) is 8.75. The highest BCUT2D eigenvalue weighted by atomic mass is 79.9. The normalized spacial score (nSPS) is 24.9. The van der Waals surface area contributed by atoms with Crippen LogP contribution in [-0.4, -0.2) is 12.6 Å². The van der Waals surface area contributed by atoms with Gasteiger partial charge in [-0.05, 0) is 49.8 Å². The Labute approximate surface area is 118 Å². The first-order valence-electron chi connectivity index (χ1n) is 7.07. The van der Waals surface area contributed by atoms with Crippen LogP contribution in [0.3, 0.4) is 0 Å². The Hall–Kier alpha value is -0.700. The number of anilines is 2. The third kappa shape index (κ3) is 2.25. The monoisotopic (exact) mass is 308 g/mol. The number of benzene rings is 1. The Morgan fingerprint density at radius 1 is 1.11 bits per heavy atom. The van der Waals surface area contributed by atoms with E-state index in [4.69, 9.17) is 5.73 Å². The highest BCUT2D eigenvalue weighted by molar-refractivity contribution is 9.10. The quantitative estimate of drug-likeness (QED) is 0.830. The van der Waals surface area contributed by atoms with Gasteiger partial charge in [0.2, 0.25) is 0 Å². The summed E-state index contributed by atoms with van der Waals surface area (Å²) >= 11 is 3.49. The highest BCUT2D eigenvalue weighted by Crippen LogP contribution is 2.39. The molecular formula is C15H21BrN2. The number of hydrogen-bond donors (Lipinski definition) is 1. The molecule has 1 saturated carbocycles. The van der Waals surface area contributed by atoms with E-state index in [-0.39, 0.29) is 0 Å². The summed E-state index contributed by atoms with van der Waals surface area (Å²) in [6.45, 7) is 1.17. The molecule has 0 amide bonds. The number of nitrogens with two attached hydrogens (primary N) is 1. The molecule has 2 nitrogen and oxygen atoms in total. The van der Waals surface area contributed by atoms with Crippen LogP contribution in [0.25, 0.3) is 0 Å². The maximum absolute atomic E-state index is 6.19. The van der Waals surface area contributed by atoms with Crippen molar-refractivity contribution in [2.45, 2.75) is 44.6 Å². The minimum Gasteiger partial charge on any atom is -0.397 e. The van der Waals surface area contributed by atoms with Crippen molar-refractivity contribution >= 4 is 27.3 Å². The molecule has 3 rings (SSSR count). The number of nitrogens with zero attached hydrogens (tertiary/aromatic N) is 1. The lowest BCUT2D eigenvalue weighted by molar-refractivity contribution is 0.431. The van der Waals surface area contributed by atoms with E-state index < -0.39 is 0 Å². The molecule has 1 unspecified atom stereocenters. The van der Waals surface area contributed by atoms with Crippen LogP contribution in [-0.2, 0) is 0 Å². The van der Waals surface area contributed by atoms with Crippen LogP contribution in [0.4, 0.5) is 11.4 Å². The second-order valence-corrected chi connectivity index (χ2v) is 6.57. The fourth-order valence-corrected chi connectivity index (χ4v) is 4.09. The standard InChI is InChI=1S/C15H21BrN2/c16-12-7-8-15(13(17)10-12)18-9-3-6-14(18)11-4-1-2-5-11/h7-8,10-11,14H,1-6,9,17H2. The summed E-state index contributed by atoms with van der Waals surface area (Å²) in [5.74, 6) is 0.899. The lowest BCUT2D eigenvalue weighted by Crippen LogP contribution is -2.35. The number of nitrogen functional groups attached to an aromatic ring is 1. The topological polar surface area (TPSA) is 29.3 Å². The number of halogens is 1. The van der Waals surface area contributed by atoms with Gasteiger partial charge in [0.25, 0.3) is 0 Å². The van der Waals surface area contributed by atoms with Gasteiger partial charge in [0.05, 0.1) is 11.4 Å². The predicted octanol–water partition coefficient (Wildman–Crippen LogP) is 4.19. The largest absolute Gasteiger partial charge is 0.397 e. The van der Waals surface area contributed by atoms with Gasteiger partial charge >= 0.3 is 0 Å². The molecule has 1 aliphatic carbocycles. The van der Waals surface area contributed by atoms with Gasteiger partial charge in [-0.15, -0.1) is 0 Å².